The van der Waals surface area contributed by atoms with Crippen LogP contribution in [-0.4, -0.2) is 47.8 Å². The Morgan fingerprint density at radius 3 is 3.26 bits per heavy atom. The maximum Gasteiger partial charge on any atom is 0.255 e. The first-order chi connectivity index (χ1) is 11.2. The van der Waals surface area contributed by atoms with E-state index >= 15 is 0 Å². The Morgan fingerprint density at radius 2 is 2.43 bits per heavy atom. The quantitative estimate of drug-likeness (QED) is 0.927. The molecule has 2 fully saturated rings. The summed E-state index contributed by atoms with van der Waals surface area (Å²) in [5.74, 6) is 0.565. The van der Waals surface area contributed by atoms with Gasteiger partial charge >= 0.3 is 0 Å². The highest BCUT2D eigenvalue weighted by atomic mass is 16.5. The highest BCUT2D eigenvalue weighted by molar-refractivity contribution is 6.00. The summed E-state index contributed by atoms with van der Waals surface area (Å²) in [6, 6.07) is 3.81. The van der Waals surface area contributed by atoms with Gasteiger partial charge in [-0.3, -0.25) is 4.79 Å². The van der Waals surface area contributed by atoms with Crippen LogP contribution in [0.15, 0.2) is 24.5 Å². The van der Waals surface area contributed by atoms with Crippen molar-refractivity contribution in [3.63, 3.8) is 0 Å². The number of hydrogen-bond donors (Lipinski definition) is 1. The molecule has 2 aliphatic rings. The summed E-state index contributed by atoms with van der Waals surface area (Å²) in [5.41, 5.74) is 2.21. The molecule has 0 bridgehead atoms. The minimum Gasteiger partial charge on any atom is -0.384 e. The van der Waals surface area contributed by atoms with Gasteiger partial charge in [0.15, 0.2) is 0 Å². The fourth-order valence-electron chi connectivity index (χ4n) is 3.98. The monoisotopic (exact) mass is 315 g/mol. The Kier molecular flexibility index (Phi) is 3.58. The molecule has 122 valence electrons. The first-order valence-electron chi connectivity index (χ1n) is 8.05. The third-order valence-corrected chi connectivity index (χ3v) is 5.03. The number of ether oxygens (including phenoxy) is 2. The zero-order chi connectivity index (χ0) is 16.0. The number of nitrogens with one attached hydrogen (secondary N) is 1. The average Bonchev–Trinajstić information content (AvgIpc) is 3.12. The van der Waals surface area contributed by atoms with Crippen LogP contribution in [0, 0.1) is 18.8 Å². The van der Waals surface area contributed by atoms with Crippen LogP contribution in [0.3, 0.4) is 0 Å². The van der Waals surface area contributed by atoms with Crippen molar-refractivity contribution in [2.45, 2.75) is 25.5 Å². The van der Waals surface area contributed by atoms with E-state index in [2.05, 4.69) is 10.3 Å². The molecule has 1 saturated carbocycles. The third kappa shape index (κ3) is 2.33. The second kappa shape index (κ2) is 5.62. The van der Waals surface area contributed by atoms with Crippen molar-refractivity contribution in [3.05, 3.63) is 35.8 Å². The highest BCUT2D eigenvalue weighted by Crippen LogP contribution is 2.43. The van der Waals surface area contributed by atoms with Gasteiger partial charge in [0.25, 0.3) is 5.91 Å². The Bertz CT molecular complexity index is 742. The normalized spacial score (nSPS) is 29.3. The summed E-state index contributed by atoms with van der Waals surface area (Å²) in [7, 11) is 1.69. The molecule has 2 aromatic heterocycles. The molecule has 2 aromatic rings. The lowest BCUT2D eigenvalue weighted by Crippen LogP contribution is -2.62. The van der Waals surface area contributed by atoms with Gasteiger partial charge in [0.05, 0.1) is 24.0 Å². The minimum absolute atomic E-state index is 0.0716. The van der Waals surface area contributed by atoms with Gasteiger partial charge in [0.2, 0.25) is 0 Å². The number of amides is 1. The summed E-state index contributed by atoms with van der Waals surface area (Å²) < 4.78 is 12.9. The van der Waals surface area contributed by atoms with Gasteiger partial charge in [0, 0.05) is 44.0 Å². The molecule has 1 aliphatic carbocycles. The maximum absolute atomic E-state index is 12.8. The first kappa shape index (κ1) is 14.7. The number of rotatable bonds is 4. The molecule has 3 heterocycles. The topological polar surface area (TPSA) is 64.9 Å². The standard InChI is InChI=1S/C17H21N3O3/c1-10-8-20-6-3-4-12(16(20)18-10)17(21)19-14-11-5-7-23-15(11)13(14)9-22-2/h3-4,6,8,11,13-15H,5,7,9H2,1-2H3,(H,19,21)/t11-,13+,14-,15-/m1/s1. The molecule has 0 aromatic carbocycles. The van der Waals surface area contributed by atoms with Gasteiger partial charge in [0.1, 0.15) is 5.65 Å². The Balaban J connectivity index is 1.57. The molecule has 1 N–H and O–H groups in total. The average molecular weight is 315 g/mol. The summed E-state index contributed by atoms with van der Waals surface area (Å²) in [4.78, 5) is 17.2. The number of carbonyl (C=O) groups excluding carboxylic acids is 1. The molecular formula is C17H21N3O3. The van der Waals surface area contributed by atoms with E-state index in [4.69, 9.17) is 9.47 Å². The minimum atomic E-state index is -0.0716. The molecule has 0 unspecified atom stereocenters. The van der Waals surface area contributed by atoms with Gasteiger partial charge < -0.3 is 19.2 Å². The van der Waals surface area contributed by atoms with E-state index in [1.54, 1.807) is 7.11 Å². The van der Waals surface area contributed by atoms with Crippen LogP contribution in [0.4, 0.5) is 0 Å². The van der Waals surface area contributed by atoms with Crippen molar-refractivity contribution in [2.75, 3.05) is 20.3 Å². The number of fused-ring (bicyclic) bond motifs is 2. The van der Waals surface area contributed by atoms with Crippen LogP contribution < -0.4 is 5.32 Å². The lowest BCUT2D eigenvalue weighted by atomic mass is 9.67. The number of aromatic nitrogens is 2. The molecule has 0 spiro atoms. The fourth-order valence-corrected chi connectivity index (χ4v) is 3.98. The smallest absolute Gasteiger partial charge is 0.255 e. The van der Waals surface area contributed by atoms with Gasteiger partial charge in [-0.1, -0.05) is 0 Å². The van der Waals surface area contributed by atoms with Crippen molar-refractivity contribution >= 4 is 11.6 Å². The summed E-state index contributed by atoms with van der Waals surface area (Å²) in [6.07, 6.45) is 5.06. The number of hydrogen-bond acceptors (Lipinski definition) is 4. The van der Waals surface area contributed by atoms with E-state index < -0.39 is 0 Å². The predicted octanol–water partition coefficient (Wildman–Crippen LogP) is 1.42. The van der Waals surface area contributed by atoms with Gasteiger partial charge in [-0.15, -0.1) is 0 Å². The number of carbonyl (C=O) groups is 1. The van der Waals surface area contributed by atoms with E-state index in [1.807, 2.05) is 35.9 Å². The zero-order valence-electron chi connectivity index (χ0n) is 13.4. The predicted molar refractivity (Wildman–Crippen MR) is 84.4 cm³/mol. The van der Waals surface area contributed by atoms with Gasteiger partial charge in [-0.25, -0.2) is 4.98 Å². The number of pyridine rings is 1. The molecule has 1 saturated heterocycles. The first-order valence-corrected chi connectivity index (χ1v) is 8.05. The lowest BCUT2D eigenvalue weighted by molar-refractivity contribution is -0.0809. The van der Waals surface area contributed by atoms with Crippen LogP contribution in [0.1, 0.15) is 22.5 Å². The molecule has 4 atom stereocenters. The van der Waals surface area contributed by atoms with E-state index in [9.17, 15) is 4.79 Å². The van der Waals surface area contributed by atoms with Crippen molar-refractivity contribution < 1.29 is 14.3 Å². The molecular weight excluding hydrogens is 294 g/mol. The van der Waals surface area contributed by atoms with Crippen LogP contribution in [0.5, 0.6) is 0 Å². The number of nitrogens with zero attached hydrogens (tertiary/aromatic N) is 2. The third-order valence-electron chi connectivity index (χ3n) is 5.03. The van der Waals surface area contributed by atoms with Crippen LogP contribution >= 0.6 is 0 Å². The Labute approximate surface area is 134 Å². The maximum atomic E-state index is 12.8. The van der Waals surface area contributed by atoms with Crippen molar-refractivity contribution in [1.82, 2.24) is 14.7 Å². The largest absolute Gasteiger partial charge is 0.384 e. The lowest BCUT2D eigenvalue weighted by Gasteiger charge is -2.47. The van der Waals surface area contributed by atoms with Crippen molar-refractivity contribution in [2.24, 2.45) is 11.8 Å². The van der Waals surface area contributed by atoms with E-state index in [-0.39, 0.29) is 24.0 Å². The second-order valence-electron chi connectivity index (χ2n) is 6.44. The van der Waals surface area contributed by atoms with Crippen LogP contribution in [-0.2, 0) is 9.47 Å². The summed E-state index contributed by atoms with van der Waals surface area (Å²) in [5, 5.41) is 3.19. The Hall–Kier alpha value is -1.92. The van der Waals surface area contributed by atoms with Crippen molar-refractivity contribution in [1.29, 1.82) is 0 Å². The van der Waals surface area contributed by atoms with E-state index in [0.717, 1.165) is 18.7 Å². The summed E-state index contributed by atoms with van der Waals surface area (Å²) >= 11 is 0. The van der Waals surface area contributed by atoms with E-state index in [0.29, 0.717) is 23.7 Å². The molecule has 6 heteroatoms. The molecule has 4 rings (SSSR count). The number of aryl methyl sites for hydroxylation is 1. The molecule has 0 radical (unpaired) electrons. The summed E-state index contributed by atoms with van der Waals surface area (Å²) in [6.45, 7) is 3.31. The van der Waals surface area contributed by atoms with Gasteiger partial charge in [-0.05, 0) is 25.5 Å². The number of methoxy groups -OCH3 is 1. The molecule has 1 amide bonds. The SMILES string of the molecule is COC[C@H]1[C@H](NC(=O)c2cccn3cc(C)nc23)[C@H]2CCO[C@H]21. The van der Waals surface area contributed by atoms with Crippen molar-refractivity contribution in [3.8, 4) is 0 Å². The van der Waals surface area contributed by atoms with Crippen LogP contribution in [0.25, 0.3) is 5.65 Å². The van der Waals surface area contributed by atoms with Crippen LogP contribution in [0.2, 0.25) is 0 Å². The Morgan fingerprint density at radius 1 is 1.57 bits per heavy atom. The molecule has 23 heavy (non-hydrogen) atoms. The number of imidazole rings is 1. The van der Waals surface area contributed by atoms with E-state index in [1.165, 1.54) is 0 Å². The van der Waals surface area contributed by atoms with Gasteiger partial charge in [-0.2, -0.15) is 0 Å². The fraction of sp³-hybridized carbons (Fsp3) is 0.529. The second-order valence-corrected chi connectivity index (χ2v) is 6.44. The molecule has 6 nitrogen and oxygen atoms in total. The highest BCUT2D eigenvalue weighted by Gasteiger charge is 2.54. The zero-order valence-corrected chi connectivity index (χ0v) is 13.4. The molecule has 1 aliphatic heterocycles.